The number of aliphatic hydroxyl groups is 1. The first-order valence-electron chi connectivity index (χ1n) is 6.06. The molecule has 0 radical (unpaired) electrons. The summed E-state index contributed by atoms with van der Waals surface area (Å²) in [5.41, 5.74) is 5.62. The summed E-state index contributed by atoms with van der Waals surface area (Å²) in [6.07, 6.45) is 1.07. The van der Waals surface area contributed by atoms with Gasteiger partial charge in [-0.2, -0.15) is 0 Å². The minimum absolute atomic E-state index is 0.0304. The van der Waals surface area contributed by atoms with E-state index in [4.69, 9.17) is 20.3 Å². The Morgan fingerprint density at radius 2 is 2.44 bits per heavy atom. The van der Waals surface area contributed by atoms with E-state index in [0.717, 1.165) is 26.1 Å². The Kier molecular flexibility index (Phi) is 6.91. The zero-order valence-corrected chi connectivity index (χ0v) is 10.1. The normalized spacial score (nSPS) is 24.6. The predicted octanol–water partition coefficient (Wildman–Crippen LogP) is -0.567. The fourth-order valence-electron chi connectivity index (χ4n) is 1.93. The van der Waals surface area contributed by atoms with Gasteiger partial charge in [0.05, 0.1) is 25.4 Å². The van der Waals surface area contributed by atoms with Crippen molar-refractivity contribution in [2.24, 2.45) is 5.73 Å². The van der Waals surface area contributed by atoms with Crippen molar-refractivity contribution in [3.8, 4) is 0 Å². The number of hydrogen-bond acceptors (Lipinski definition) is 5. The van der Waals surface area contributed by atoms with E-state index in [2.05, 4.69) is 4.90 Å². The summed E-state index contributed by atoms with van der Waals surface area (Å²) >= 11 is 0. The lowest BCUT2D eigenvalue weighted by Gasteiger charge is -2.32. The number of nitrogens with two attached hydrogens (primary N) is 1. The molecule has 2 atom stereocenters. The number of ether oxygens (including phenoxy) is 2. The van der Waals surface area contributed by atoms with E-state index < -0.39 is 0 Å². The number of nitrogens with zero attached hydrogens (tertiary/aromatic N) is 1. The van der Waals surface area contributed by atoms with Crippen LogP contribution in [0.5, 0.6) is 0 Å². The summed E-state index contributed by atoms with van der Waals surface area (Å²) in [5, 5.41) is 9.02. The number of rotatable bonds is 7. The van der Waals surface area contributed by atoms with Crippen LogP contribution >= 0.6 is 0 Å². The molecule has 1 aliphatic heterocycles. The SMILES string of the molecule is CCOC(CN)CCN1CCOC(CO)C1. The molecule has 5 nitrogen and oxygen atoms in total. The Labute approximate surface area is 97.5 Å². The summed E-state index contributed by atoms with van der Waals surface area (Å²) in [6, 6.07) is 0. The summed E-state index contributed by atoms with van der Waals surface area (Å²) < 4.78 is 10.9. The molecule has 0 saturated carbocycles. The second-order valence-corrected chi connectivity index (χ2v) is 4.08. The third-order valence-electron chi connectivity index (χ3n) is 2.86. The minimum atomic E-state index is -0.0304. The van der Waals surface area contributed by atoms with Crippen LogP contribution < -0.4 is 5.73 Å². The van der Waals surface area contributed by atoms with Crippen molar-refractivity contribution in [1.29, 1.82) is 0 Å². The van der Waals surface area contributed by atoms with Gasteiger partial charge in [-0.1, -0.05) is 0 Å². The second kappa shape index (κ2) is 7.97. The van der Waals surface area contributed by atoms with E-state index in [-0.39, 0.29) is 18.8 Å². The first kappa shape index (κ1) is 13.9. The lowest BCUT2D eigenvalue weighted by Crippen LogP contribution is -2.45. The van der Waals surface area contributed by atoms with Gasteiger partial charge in [-0.3, -0.25) is 4.90 Å². The van der Waals surface area contributed by atoms with Gasteiger partial charge in [0, 0.05) is 32.8 Å². The smallest absolute Gasteiger partial charge is 0.0932 e. The molecule has 1 fully saturated rings. The Hall–Kier alpha value is -0.200. The molecule has 1 heterocycles. The molecular weight excluding hydrogens is 208 g/mol. The molecule has 1 rings (SSSR count). The van der Waals surface area contributed by atoms with Crippen molar-refractivity contribution < 1.29 is 14.6 Å². The van der Waals surface area contributed by atoms with E-state index in [0.29, 0.717) is 19.8 Å². The molecule has 0 aromatic carbocycles. The van der Waals surface area contributed by atoms with Crippen LogP contribution in [0.1, 0.15) is 13.3 Å². The Morgan fingerprint density at radius 1 is 1.62 bits per heavy atom. The van der Waals surface area contributed by atoms with Gasteiger partial charge in [0.1, 0.15) is 0 Å². The first-order valence-corrected chi connectivity index (χ1v) is 6.06. The highest BCUT2D eigenvalue weighted by Gasteiger charge is 2.20. The monoisotopic (exact) mass is 232 g/mol. The van der Waals surface area contributed by atoms with Crippen LogP contribution in [-0.2, 0) is 9.47 Å². The van der Waals surface area contributed by atoms with Gasteiger partial charge >= 0.3 is 0 Å². The maximum absolute atomic E-state index is 9.02. The maximum Gasteiger partial charge on any atom is 0.0932 e. The molecule has 0 amide bonds. The van der Waals surface area contributed by atoms with Crippen molar-refractivity contribution >= 4 is 0 Å². The van der Waals surface area contributed by atoms with Gasteiger partial charge in [-0.05, 0) is 13.3 Å². The van der Waals surface area contributed by atoms with Crippen molar-refractivity contribution in [1.82, 2.24) is 4.90 Å². The highest BCUT2D eigenvalue weighted by atomic mass is 16.5. The lowest BCUT2D eigenvalue weighted by molar-refractivity contribution is -0.0565. The summed E-state index contributed by atoms with van der Waals surface area (Å²) in [7, 11) is 0. The molecule has 2 unspecified atom stereocenters. The molecule has 96 valence electrons. The van der Waals surface area contributed by atoms with Gasteiger partial charge in [0.25, 0.3) is 0 Å². The molecule has 1 aliphatic rings. The molecular formula is C11H24N2O3. The maximum atomic E-state index is 9.02. The van der Waals surface area contributed by atoms with E-state index in [1.165, 1.54) is 0 Å². The highest BCUT2D eigenvalue weighted by Crippen LogP contribution is 2.07. The Morgan fingerprint density at radius 3 is 3.06 bits per heavy atom. The summed E-state index contributed by atoms with van der Waals surface area (Å²) in [4.78, 5) is 2.30. The average Bonchev–Trinajstić information content (AvgIpc) is 2.34. The molecule has 0 aromatic rings. The lowest BCUT2D eigenvalue weighted by atomic mass is 10.2. The van der Waals surface area contributed by atoms with E-state index in [1.807, 2.05) is 6.92 Å². The highest BCUT2D eigenvalue weighted by molar-refractivity contribution is 4.72. The van der Waals surface area contributed by atoms with Crippen LogP contribution in [0.25, 0.3) is 0 Å². The number of morpholine rings is 1. The van der Waals surface area contributed by atoms with E-state index in [1.54, 1.807) is 0 Å². The Bertz CT molecular complexity index is 181. The van der Waals surface area contributed by atoms with E-state index in [9.17, 15) is 0 Å². The van der Waals surface area contributed by atoms with Gasteiger partial charge in [-0.15, -0.1) is 0 Å². The third kappa shape index (κ3) is 4.76. The van der Waals surface area contributed by atoms with Crippen molar-refractivity contribution in [3.05, 3.63) is 0 Å². The molecule has 0 spiro atoms. The standard InChI is InChI=1S/C11H24N2O3/c1-2-15-10(7-12)3-4-13-5-6-16-11(8-13)9-14/h10-11,14H,2-9,12H2,1H3. The Balaban J connectivity index is 2.20. The topological polar surface area (TPSA) is 68.0 Å². The fourth-order valence-corrected chi connectivity index (χ4v) is 1.93. The van der Waals surface area contributed by atoms with Crippen molar-refractivity contribution in [2.75, 3.05) is 46.0 Å². The van der Waals surface area contributed by atoms with Crippen LogP contribution in [0.2, 0.25) is 0 Å². The molecule has 5 heteroatoms. The number of hydrogen-bond donors (Lipinski definition) is 2. The van der Waals surface area contributed by atoms with Gasteiger partial charge in [0.2, 0.25) is 0 Å². The predicted molar refractivity (Wildman–Crippen MR) is 62.4 cm³/mol. The fraction of sp³-hybridized carbons (Fsp3) is 1.00. The largest absolute Gasteiger partial charge is 0.394 e. The van der Waals surface area contributed by atoms with Gasteiger partial charge < -0.3 is 20.3 Å². The molecule has 3 N–H and O–H groups in total. The molecule has 16 heavy (non-hydrogen) atoms. The average molecular weight is 232 g/mol. The van der Waals surface area contributed by atoms with Crippen molar-refractivity contribution in [3.63, 3.8) is 0 Å². The second-order valence-electron chi connectivity index (χ2n) is 4.08. The molecule has 0 aromatic heterocycles. The quantitative estimate of drug-likeness (QED) is 0.615. The molecule has 1 saturated heterocycles. The van der Waals surface area contributed by atoms with Crippen LogP contribution in [-0.4, -0.2) is 68.2 Å². The van der Waals surface area contributed by atoms with E-state index >= 15 is 0 Å². The van der Waals surface area contributed by atoms with Crippen LogP contribution in [0, 0.1) is 0 Å². The van der Waals surface area contributed by atoms with Crippen LogP contribution in [0.3, 0.4) is 0 Å². The van der Waals surface area contributed by atoms with Crippen LogP contribution in [0.4, 0.5) is 0 Å². The van der Waals surface area contributed by atoms with Crippen molar-refractivity contribution in [2.45, 2.75) is 25.6 Å². The first-order chi connectivity index (χ1) is 7.80. The number of aliphatic hydroxyl groups excluding tert-OH is 1. The van der Waals surface area contributed by atoms with Gasteiger partial charge in [-0.25, -0.2) is 0 Å². The molecule has 0 bridgehead atoms. The third-order valence-corrected chi connectivity index (χ3v) is 2.86. The molecule has 0 aliphatic carbocycles. The minimum Gasteiger partial charge on any atom is -0.394 e. The zero-order chi connectivity index (χ0) is 11.8. The zero-order valence-electron chi connectivity index (χ0n) is 10.1. The van der Waals surface area contributed by atoms with Gasteiger partial charge in [0.15, 0.2) is 0 Å². The summed E-state index contributed by atoms with van der Waals surface area (Å²) in [6.45, 7) is 6.77. The summed E-state index contributed by atoms with van der Waals surface area (Å²) in [5.74, 6) is 0. The van der Waals surface area contributed by atoms with Crippen LogP contribution in [0.15, 0.2) is 0 Å².